The van der Waals surface area contributed by atoms with Crippen LogP contribution in [0.4, 0.5) is 0 Å². The molecule has 0 aliphatic carbocycles. The van der Waals surface area contributed by atoms with Crippen LogP contribution in [0.15, 0.2) is 78.9 Å². The summed E-state index contributed by atoms with van der Waals surface area (Å²) < 4.78 is 0. The van der Waals surface area contributed by atoms with Crippen LogP contribution in [0.5, 0.6) is 0 Å². The van der Waals surface area contributed by atoms with E-state index in [-0.39, 0.29) is 11.9 Å². The highest BCUT2D eigenvalue weighted by Crippen LogP contribution is 2.20. The Morgan fingerprint density at radius 1 is 0.867 bits per heavy atom. The summed E-state index contributed by atoms with van der Waals surface area (Å²) in [6.45, 7) is 5.20. The van der Waals surface area contributed by atoms with Gasteiger partial charge in [0.25, 0.3) is 0 Å². The van der Waals surface area contributed by atoms with Gasteiger partial charge in [-0.1, -0.05) is 84.4 Å². The predicted molar refractivity (Wildman–Crippen MR) is 123 cm³/mol. The van der Waals surface area contributed by atoms with Gasteiger partial charge in [0.2, 0.25) is 5.91 Å². The molecule has 154 valence electrons. The zero-order chi connectivity index (χ0) is 20.8. The van der Waals surface area contributed by atoms with Crippen LogP contribution in [-0.2, 0) is 17.8 Å². The molecule has 1 aliphatic rings. The standard InChI is InChI=1S/C27H30N2O/c1-21-6-5-7-23(18-21)20-29-16-14-26(15-17-29)28-27(30)19-22-10-12-25(13-11-22)24-8-3-2-4-9-24/h2-13,18,26H,14-17,19-20H2,1H3,(H,28,30). The minimum atomic E-state index is 0.125. The number of amides is 1. The Labute approximate surface area is 179 Å². The normalized spacial score (nSPS) is 15.1. The number of likely N-dealkylation sites (tertiary alicyclic amines) is 1. The van der Waals surface area contributed by atoms with Crippen LogP contribution in [0, 0.1) is 6.92 Å². The molecule has 0 radical (unpaired) electrons. The van der Waals surface area contributed by atoms with Crippen molar-refractivity contribution in [2.75, 3.05) is 13.1 Å². The second kappa shape index (κ2) is 9.73. The van der Waals surface area contributed by atoms with Gasteiger partial charge in [0, 0.05) is 25.7 Å². The first-order chi connectivity index (χ1) is 14.7. The fourth-order valence-corrected chi connectivity index (χ4v) is 4.21. The lowest BCUT2D eigenvalue weighted by molar-refractivity contribution is -0.121. The number of nitrogens with zero attached hydrogens (tertiary/aromatic N) is 1. The maximum absolute atomic E-state index is 12.5. The van der Waals surface area contributed by atoms with Crippen LogP contribution < -0.4 is 5.32 Å². The second-order valence-corrected chi connectivity index (χ2v) is 8.35. The Balaban J connectivity index is 1.23. The summed E-state index contributed by atoms with van der Waals surface area (Å²) in [5.74, 6) is 0.125. The average molecular weight is 399 g/mol. The molecule has 3 nitrogen and oxygen atoms in total. The highest BCUT2D eigenvalue weighted by molar-refractivity contribution is 5.79. The summed E-state index contributed by atoms with van der Waals surface area (Å²) in [6.07, 6.45) is 2.48. The lowest BCUT2D eigenvalue weighted by atomic mass is 10.0. The predicted octanol–water partition coefficient (Wildman–Crippen LogP) is 4.99. The molecule has 4 rings (SSSR count). The van der Waals surface area contributed by atoms with Gasteiger partial charge in [-0.05, 0) is 42.0 Å². The third-order valence-electron chi connectivity index (χ3n) is 5.87. The molecule has 0 atom stereocenters. The number of carbonyl (C=O) groups excluding carboxylic acids is 1. The van der Waals surface area contributed by atoms with Gasteiger partial charge in [0.15, 0.2) is 0 Å². The number of rotatable bonds is 6. The number of carbonyl (C=O) groups is 1. The molecule has 1 saturated heterocycles. The molecule has 0 unspecified atom stereocenters. The summed E-state index contributed by atoms with van der Waals surface area (Å²) in [5.41, 5.74) is 6.12. The lowest BCUT2D eigenvalue weighted by Crippen LogP contribution is -2.44. The third-order valence-corrected chi connectivity index (χ3v) is 5.87. The summed E-state index contributed by atoms with van der Waals surface area (Å²) >= 11 is 0. The molecule has 3 aromatic rings. The van der Waals surface area contributed by atoms with Gasteiger partial charge in [0.1, 0.15) is 0 Å². The van der Waals surface area contributed by atoms with Crippen LogP contribution >= 0.6 is 0 Å². The molecule has 3 heteroatoms. The van der Waals surface area contributed by atoms with Crippen LogP contribution in [0.2, 0.25) is 0 Å². The molecule has 1 fully saturated rings. The average Bonchev–Trinajstić information content (AvgIpc) is 2.76. The smallest absolute Gasteiger partial charge is 0.224 e. The Bertz CT molecular complexity index is 958. The van der Waals surface area contributed by atoms with Crippen molar-refractivity contribution < 1.29 is 4.79 Å². The largest absolute Gasteiger partial charge is 0.353 e. The summed E-state index contributed by atoms with van der Waals surface area (Å²) in [6, 6.07) is 27.7. The number of aryl methyl sites for hydroxylation is 1. The molecule has 1 amide bonds. The lowest BCUT2D eigenvalue weighted by Gasteiger charge is -2.32. The van der Waals surface area contributed by atoms with E-state index in [0.29, 0.717) is 6.42 Å². The molecular formula is C27H30N2O. The zero-order valence-electron chi connectivity index (χ0n) is 17.7. The molecule has 3 aromatic carbocycles. The maximum atomic E-state index is 12.5. The number of piperidine rings is 1. The van der Waals surface area contributed by atoms with E-state index in [1.54, 1.807) is 0 Å². The van der Waals surface area contributed by atoms with Crippen molar-refractivity contribution in [3.05, 3.63) is 95.6 Å². The van der Waals surface area contributed by atoms with E-state index in [2.05, 4.69) is 77.8 Å². The third kappa shape index (κ3) is 5.58. The van der Waals surface area contributed by atoms with Crippen LogP contribution in [0.3, 0.4) is 0 Å². The molecule has 1 N–H and O–H groups in total. The van der Waals surface area contributed by atoms with E-state index in [1.807, 2.05) is 18.2 Å². The minimum absolute atomic E-state index is 0.125. The molecule has 0 spiro atoms. The van der Waals surface area contributed by atoms with Gasteiger partial charge in [-0.15, -0.1) is 0 Å². The fraction of sp³-hybridized carbons (Fsp3) is 0.296. The van der Waals surface area contributed by atoms with Gasteiger partial charge in [-0.3, -0.25) is 9.69 Å². The highest BCUT2D eigenvalue weighted by Gasteiger charge is 2.20. The topological polar surface area (TPSA) is 32.3 Å². The van der Waals surface area contributed by atoms with E-state index in [1.165, 1.54) is 22.3 Å². The van der Waals surface area contributed by atoms with Gasteiger partial charge < -0.3 is 5.32 Å². The van der Waals surface area contributed by atoms with Crippen molar-refractivity contribution in [2.45, 2.75) is 38.8 Å². The SMILES string of the molecule is Cc1cccc(CN2CCC(NC(=O)Cc3ccc(-c4ccccc4)cc3)CC2)c1. The summed E-state index contributed by atoms with van der Waals surface area (Å²) in [7, 11) is 0. The molecule has 1 heterocycles. The Hall–Kier alpha value is -2.91. The fourth-order valence-electron chi connectivity index (χ4n) is 4.21. The van der Waals surface area contributed by atoms with Crippen molar-refractivity contribution in [2.24, 2.45) is 0 Å². The summed E-state index contributed by atoms with van der Waals surface area (Å²) in [5, 5.41) is 3.24. The van der Waals surface area contributed by atoms with Gasteiger partial charge >= 0.3 is 0 Å². The Morgan fingerprint density at radius 2 is 1.57 bits per heavy atom. The molecule has 0 saturated carbocycles. The first kappa shape index (κ1) is 20.4. The van der Waals surface area contributed by atoms with E-state index in [9.17, 15) is 4.79 Å². The second-order valence-electron chi connectivity index (χ2n) is 8.35. The van der Waals surface area contributed by atoms with E-state index < -0.39 is 0 Å². The molecule has 0 aromatic heterocycles. The maximum Gasteiger partial charge on any atom is 0.224 e. The minimum Gasteiger partial charge on any atom is -0.353 e. The Kier molecular flexibility index (Phi) is 6.60. The highest BCUT2D eigenvalue weighted by atomic mass is 16.1. The van der Waals surface area contributed by atoms with Crippen molar-refractivity contribution >= 4 is 5.91 Å². The van der Waals surface area contributed by atoms with Crippen LogP contribution in [0.1, 0.15) is 29.5 Å². The van der Waals surface area contributed by atoms with Gasteiger partial charge in [-0.25, -0.2) is 0 Å². The number of benzene rings is 3. The Morgan fingerprint density at radius 3 is 2.27 bits per heavy atom. The molecule has 30 heavy (non-hydrogen) atoms. The number of hydrogen-bond donors (Lipinski definition) is 1. The van der Waals surface area contributed by atoms with Crippen molar-refractivity contribution in [3.63, 3.8) is 0 Å². The van der Waals surface area contributed by atoms with Crippen LogP contribution in [-0.4, -0.2) is 29.9 Å². The van der Waals surface area contributed by atoms with E-state index in [0.717, 1.165) is 38.0 Å². The van der Waals surface area contributed by atoms with E-state index in [4.69, 9.17) is 0 Å². The van der Waals surface area contributed by atoms with Crippen molar-refractivity contribution in [3.8, 4) is 11.1 Å². The van der Waals surface area contributed by atoms with E-state index >= 15 is 0 Å². The first-order valence-electron chi connectivity index (χ1n) is 10.9. The van der Waals surface area contributed by atoms with Crippen LogP contribution in [0.25, 0.3) is 11.1 Å². The quantitative estimate of drug-likeness (QED) is 0.635. The zero-order valence-corrected chi connectivity index (χ0v) is 17.7. The van der Waals surface area contributed by atoms with Gasteiger partial charge in [-0.2, -0.15) is 0 Å². The molecular weight excluding hydrogens is 368 g/mol. The van der Waals surface area contributed by atoms with Gasteiger partial charge in [0.05, 0.1) is 6.42 Å². The first-order valence-corrected chi connectivity index (χ1v) is 10.9. The monoisotopic (exact) mass is 398 g/mol. The molecule has 0 bridgehead atoms. The van der Waals surface area contributed by atoms with Crippen molar-refractivity contribution in [1.82, 2.24) is 10.2 Å². The number of nitrogens with one attached hydrogen (secondary N) is 1. The summed E-state index contributed by atoms with van der Waals surface area (Å²) in [4.78, 5) is 15.0. The number of hydrogen-bond acceptors (Lipinski definition) is 2. The van der Waals surface area contributed by atoms with Crippen molar-refractivity contribution in [1.29, 1.82) is 0 Å². The molecule has 1 aliphatic heterocycles.